The fraction of sp³-hybridized carbons (Fsp3) is 0.300. The maximum Gasteiger partial charge on any atom is 0.241 e. The first-order chi connectivity index (χ1) is 7.33. The molecule has 0 saturated carbocycles. The zero-order valence-electron chi connectivity index (χ0n) is 8.90. The lowest BCUT2D eigenvalue weighted by Gasteiger charge is -2.10. The highest BCUT2D eigenvalue weighted by atomic mass is 32.2. The van der Waals surface area contributed by atoms with Gasteiger partial charge in [-0.3, -0.25) is 4.79 Å². The minimum absolute atomic E-state index is 0.0676. The molecule has 0 amide bonds. The Labute approximate surface area is 93.5 Å². The van der Waals surface area contributed by atoms with Crippen LogP contribution < -0.4 is 4.72 Å². The van der Waals surface area contributed by atoms with Crippen molar-refractivity contribution in [2.75, 3.05) is 0 Å². The van der Waals surface area contributed by atoms with Crippen LogP contribution in [0.1, 0.15) is 13.8 Å². The Bertz CT molecular complexity index is 481. The summed E-state index contributed by atoms with van der Waals surface area (Å²) in [7, 11) is -3.76. The van der Waals surface area contributed by atoms with Gasteiger partial charge in [-0.2, -0.15) is 0 Å². The molecule has 1 N–H and O–H groups in total. The first kappa shape index (κ1) is 12.8. The van der Waals surface area contributed by atoms with Crippen molar-refractivity contribution in [3.63, 3.8) is 0 Å². The number of carbonyl (C=O) groups is 1. The van der Waals surface area contributed by atoms with Crippen LogP contribution in [0.2, 0.25) is 0 Å². The van der Waals surface area contributed by atoms with Gasteiger partial charge in [0.2, 0.25) is 10.0 Å². The van der Waals surface area contributed by atoms with E-state index in [0.29, 0.717) is 0 Å². The third kappa shape index (κ3) is 3.11. The highest BCUT2D eigenvalue weighted by Crippen LogP contribution is 2.10. The van der Waals surface area contributed by atoms with Gasteiger partial charge >= 0.3 is 0 Å². The molecule has 0 saturated heterocycles. The van der Waals surface area contributed by atoms with Gasteiger partial charge in [-0.1, -0.05) is 0 Å². The molecule has 0 heterocycles. The molecule has 1 atom stereocenters. The zero-order valence-corrected chi connectivity index (χ0v) is 9.71. The van der Waals surface area contributed by atoms with E-state index in [2.05, 4.69) is 4.72 Å². The first-order valence-electron chi connectivity index (χ1n) is 4.61. The number of Topliss-reactive ketones (excluding diaryl/α,β-unsaturated/α-hetero) is 1. The van der Waals surface area contributed by atoms with E-state index < -0.39 is 21.9 Å². The minimum Gasteiger partial charge on any atom is -0.298 e. The monoisotopic (exact) mass is 245 g/mol. The van der Waals surface area contributed by atoms with Crippen molar-refractivity contribution in [3.8, 4) is 0 Å². The molecule has 0 fully saturated rings. The third-order valence-corrected chi connectivity index (χ3v) is 3.62. The molecule has 16 heavy (non-hydrogen) atoms. The summed E-state index contributed by atoms with van der Waals surface area (Å²) in [5.74, 6) is -0.802. The molecule has 0 aromatic heterocycles. The lowest BCUT2D eigenvalue weighted by molar-refractivity contribution is -0.118. The van der Waals surface area contributed by atoms with E-state index in [1.165, 1.54) is 13.8 Å². The molecule has 0 radical (unpaired) electrons. The van der Waals surface area contributed by atoms with Crippen LogP contribution in [0.5, 0.6) is 0 Å². The lowest BCUT2D eigenvalue weighted by atomic mass is 10.3. The first-order valence-corrected chi connectivity index (χ1v) is 6.09. The van der Waals surface area contributed by atoms with Gasteiger partial charge < -0.3 is 0 Å². The third-order valence-electron chi connectivity index (χ3n) is 2.07. The smallest absolute Gasteiger partial charge is 0.241 e. The molecule has 6 heteroatoms. The van der Waals surface area contributed by atoms with Crippen molar-refractivity contribution in [3.05, 3.63) is 30.1 Å². The van der Waals surface area contributed by atoms with Crippen LogP contribution in [-0.2, 0) is 14.8 Å². The minimum atomic E-state index is -3.76. The molecule has 0 spiro atoms. The number of halogens is 1. The van der Waals surface area contributed by atoms with E-state index >= 15 is 0 Å². The SMILES string of the molecule is CC(=O)C(C)NS(=O)(=O)c1ccc(F)cc1. The molecule has 1 aromatic rings. The molecule has 0 bridgehead atoms. The summed E-state index contributed by atoms with van der Waals surface area (Å²) in [6.45, 7) is 2.74. The van der Waals surface area contributed by atoms with Crippen molar-refractivity contribution in [2.24, 2.45) is 0 Å². The average Bonchev–Trinajstić information content (AvgIpc) is 2.17. The lowest BCUT2D eigenvalue weighted by Crippen LogP contribution is -2.37. The summed E-state index contributed by atoms with van der Waals surface area (Å²) in [5, 5.41) is 0. The van der Waals surface area contributed by atoms with Gasteiger partial charge in [0.05, 0.1) is 10.9 Å². The molecule has 1 unspecified atom stereocenters. The van der Waals surface area contributed by atoms with E-state index in [9.17, 15) is 17.6 Å². The van der Waals surface area contributed by atoms with Crippen LogP contribution in [0.15, 0.2) is 29.2 Å². The van der Waals surface area contributed by atoms with Crippen molar-refractivity contribution in [1.82, 2.24) is 4.72 Å². The van der Waals surface area contributed by atoms with Crippen LogP contribution in [-0.4, -0.2) is 20.2 Å². The number of sulfonamides is 1. The standard InChI is InChI=1S/C10H12FNO3S/c1-7(8(2)13)12-16(14,15)10-5-3-9(11)4-6-10/h3-7,12H,1-2H3. The zero-order chi connectivity index (χ0) is 12.3. The molecular formula is C10H12FNO3S. The fourth-order valence-electron chi connectivity index (χ4n) is 0.997. The number of hydrogen-bond donors (Lipinski definition) is 1. The highest BCUT2D eigenvalue weighted by Gasteiger charge is 2.19. The maximum atomic E-state index is 12.6. The number of nitrogens with one attached hydrogen (secondary N) is 1. The normalized spacial score (nSPS) is 13.4. The Balaban J connectivity index is 2.94. The molecule has 0 aliphatic carbocycles. The summed E-state index contributed by atoms with van der Waals surface area (Å²) in [6.07, 6.45) is 0. The summed E-state index contributed by atoms with van der Waals surface area (Å²) < 4.78 is 38.1. The summed E-state index contributed by atoms with van der Waals surface area (Å²) >= 11 is 0. The molecule has 0 aliphatic rings. The fourth-order valence-corrected chi connectivity index (χ4v) is 2.26. The number of benzene rings is 1. The largest absolute Gasteiger partial charge is 0.298 e. The Morgan fingerprint density at radius 3 is 2.25 bits per heavy atom. The molecule has 88 valence electrons. The van der Waals surface area contributed by atoms with Gasteiger partial charge in [-0.15, -0.1) is 0 Å². The van der Waals surface area contributed by atoms with Crippen LogP contribution in [0.4, 0.5) is 4.39 Å². The van der Waals surface area contributed by atoms with Crippen molar-refractivity contribution >= 4 is 15.8 Å². The maximum absolute atomic E-state index is 12.6. The van der Waals surface area contributed by atoms with Crippen LogP contribution in [0, 0.1) is 5.82 Å². The predicted octanol–water partition coefficient (Wildman–Crippen LogP) is 1.08. The molecule has 0 aliphatic heterocycles. The number of hydrogen-bond acceptors (Lipinski definition) is 3. The molecule has 4 nitrogen and oxygen atoms in total. The van der Waals surface area contributed by atoms with Crippen LogP contribution in [0.25, 0.3) is 0 Å². The molecule has 1 aromatic carbocycles. The van der Waals surface area contributed by atoms with E-state index in [1.54, 1.807) is 0 Å². The highest BCUT2D eigenvalue weighted by molar-refractivity contribution is 7.89. The van der Waals surface area contributed by atoms with Gasteiger partial charge in [0.1, 0.15) is 11.6 Å². The topological polar surface area (TPSA) is 63.2 Å². The Morgan fingerprint density at radius 1 is 1.31 bits per heavy atom. The van der Waals surface area contributed by atoms with Crippen molar-refractivity contribution < 1.29 is 17.6 Å². The van der Waals surface area contributed by atoms with E-state index in [-0.39, 0.29) is 10.7 Å². The van der Waals surface area contributed by atoms with Crippen LogP contribution >= 0.6 is 0 Å². The van der Waals surface area contributed by atoms with E-state index in [4.69, 9.17) is 0 Å². The Kier molecular flexibility index (Phi) is 3.77. The number of rotatable bonds is 4. The Morgan fingerprint density at radius 2 is 1.81 bits per heavy atom. The second kappa shape index (κ2) is 4.71. The molecule has 1 rings (SSSR count). The van der Waals surface area contributed by atoms with Gasteiger partial charge in [-0.25, -0.2) is 17.5 Å². The molecular weight excluding hydrogens is 233 g/mol. The second-order valence-corrected chi connectivity index (χ2v) is 5.12. The van der Waals surface area contributed by atoms with Gasteiger partial charge in [0.25, 0.3) is 0 Å². The number of carbonyl (C=O) groups excluding carboxylic acids is 1. The van der Waals surface area contributed by atoms with E-state index in [1.807, 2.05) is 0 Å². The number of ketones is 1. The average molecular weight is 245 g/mol. The predicted molar refractivity (Wildman–Crippen MR) is 56.9 cm³/mol. The van der Waals surface area contributed by atoms with Gasteiger partial charge in [0, 0.05) is 0 Å². The second-order valence-electron chi connectivity index (χ2n) is 3.41. The van der Waals surface area contributed by atoms with Gasteiger partial charge in [-0.05, 0) is 38.1 Å². The van der Waals surface area contributed by atoms with Crippen LogP contribution in [0.3, 0.4) is 0 Å². The van der Waals surface area contributed by atoms with Crippen molar-refractivity contribution in [1.29, 1.82) is 0 Å². The quantitative estimate of drug-likeness (QED) is 0.863. The summed E-state index contributed by atoms with van der Waals surface area (Å²) in [5.41, 5.74) is 0. The summed E-state index contributed by atoms with van der Waals surface area (Å²) in [6, 6.07) is 3.59. The Hall–Kier alpha value is -1.27. The van der Waals surface area contributed by atoms with E-state index in [0.717, 1.165) is 24.3 Å². The van der Waals surface area contributed by atoms with Crippen molar-refractivity contribution in [2.45, 2.75) is 24.8 Å². The summed E-state index contributed by atoms with van der Waals surface area (Å²) in [4.78, 5) is 10.9. The van der Waals surface area contributed by atoms with Gasteiger partial charge in [0.15, 0.2) is 0 Å².